The van der Waals surface area contributed by atoms with Crippen LogP contribution in [-0.2, 0) is 4.79 Å². The summed E-state index contributed by atoms with van der Waals surface area (Å²) in [7, 11) is 4.11. The van der Waals surface area contributed by atoms with E-state index in [1.54, 1.807) is 0 Å². The van der Waals surface area contributed by atoms with Gasteiger partial charge in [0.05, 0.1) is 0 Å². The summed E-state index contributed by atoms with van der Waals surface area (Å²) in [6.07, 6.45) is 3.04. The number of likely N-dealkylation sites (tertiary alicyclic amines) is 2. The fourth-order valence-electron chi connectivity index (χ4n) is 2.79. The van der Waals surface area contributed by atoms with Crippen molar-refractivity contribution in [1.82, 2.24) is 15.1 Å². The van der Waals surface area contributed by atoms with Crippen LogP contribution in [0.2, 0.25) is 0 Å². The Hall–Kier alpha value is -0.610. The lowest BCUT2D eigenvalue weighted by Crippen LogP contribution is -2.34. The molecule has 0 saturated carbocycles. The highest BCUT2D eigenvalue weighted by Crippen LogP contribution is 2.20. The lowest BCUT2D eigenvalue weighted by Gasteiger charge is -2.18. The zero-order valence-corrected chi connectivity index (χ0v) is 10.4. The van der Waals surface area contributed by atoms with Crippen molar-refractivity contribution in [3.05, 3.63) is 0 Å². The SMILES string of the molecule is CN[C@@H]1CCN(C(=O)C[C@@H]2CCN(C)C2)C1. The molecule has 0 bridgehead atoms. The van der Waals surface area contributed by atoms with Crippen molar-refractivity contribution in [1.29, 1.82) is 0 Å². The van der Waals surface area contributed by atoms with Crippen molar-refractivity contribution >= 4 is 5.91 Å². The van der Waals surface area contributed by atoms with Gasteiger partial charge in [-0.25, -0.2) is 0 Å². The second-order valence-electron chi connectivity index (χ2n) is 5.24. The van der Waals surface area contributed by atoms with E-state index in [0.717, 1.165) is 39.0 Å². The van der Waals surface area contributed by atoms with Gasteiger partial charge in [0, 0.05) is 32.1 Å². The minimum absolute atomic E-state index is 0.359. The number of carbonyl (C=O) groups is 1. The van der Waals surface area contributed by atoms with Crippen LogP contribution in [0.15, 0.2) is 0 Å². The fourth-order valence-corrected chi connectivity index (χ4v) is 2.79. The highest BCUT2D eigenvalue weighted by atomic mass is 16.2. The number of rotatable bonds is 3. The van der Waals surface area contributed by atoms with E-state index in [4.69, 9.17) is 0 Å². The second kappa shape index (κ2) is 5.15. The third-order valence-corrected chi connectivity index (χ3v) is 3.90. The maximum absolute atomic E-state index is 12.0. The summed E-state index contributed by atoms with van der Waals surface area (Å²) in [5.41, 5.74) is 0. The first-order valence-corrected chi connectivity index (χ1v) is 6.32. The summed E-state index contributed by atoms with van der Waals surface area (Å²) in [6.45, 7) is 4.08. The molecule has 4 nitrogen and oxygen atoms in total. The molecular formula is C12H23N3O. The first-order chi connectivity index (χ1) is 7.69. The van der Waals surface area contributed by atoms with Gasteiger partial charge >= 0.3 is 0 Å². The maximum atomic E-state index is 12.0. The Kier molecular flexibility index (Phi) is 3.82. The summed E-state index contributed by atoms with van der Waals surface area (Å²) in [4.78, 5) is 16.4. The Morgan fingerprint density at radius 2 is 2.12 bits per heavy atom. The van der Waals surface area contributed by atoms with Gasteiger partial charge in [-0.3, -0.25) is 4.79 Å². The highest BCUT2D eigenvalue weighted by molar-refractivity contribution is 5.76. The molecule has 0 aromatic rings. The summed E-state index contributed by atoms with van der Waals surface area (Å²) in [5, 5.41) is 3.25. The van der Waals surface area contributed by atoms with Gasteiger partial charge in [0.15, 0.2) is 0 Å². The number of likely N-dealkylation sites (N-methyl/N-ethyl adjacent to an activating group) is 1. The Morgan fingerprint density at radius 1 is 1.31 bits per heavy atom. The molecule has 0 aromatic heterocycles. The van der Waals surface area contributed by atoms with E-state index in [0.29, 0.717) is 17.9 Å². The molecule has 4 heteroatoms. The van der Waals surface area contributed by atoms with Crippen molar-refractivity contribution < 1.29 is 4.79 Å². The van der Waals surface area contributed by atoms with E-state index in [1.165, 1.54) is 6.42 Å². The Bertz CT molecular complexity index is 257. The van der Waals surface area contributed by atoms with Gasteiger partial charge in [0.2, 0.25) is 5.91 Å². The van der Waals surface area contributed by atoms with Gasteiger partial charge in [0.25, 0.3) is 0 Å². The van der Waals surface area contributed by atoms with Crippen molar-refractivity contribution in [2.24, 2.45) is 5.92 Å². The number of nitrogens with zero attached hydrogens (tertiary/aromatic N) is 2. The number of amides is 1. The molecule has 1 amide bonds. The predicted molar refractivity (Wildman–Crippen MR) is 64.3 cm³/mol. The second-order valence-corrected chi connectivity index (χ2v) is 5.24. The number of hydrogen-bond donors (Lipinski definition) is 1. The van der Waals surface area contributed by atoms with Gasteiger partial charge in [-0.1, -0.05) is 0 Å². The van der Waals surface area contributed by atoms with Gasteiger partial charge < -0.3 is 15.1 Å². The van der Waals surface area contributed by atoms with Gasteiger partial charge in [-0.15, -0.1) is 0 Å². The monoisotopic (exact) mass is 225 g/mol. The zero-order chi connectivity index (χ0) is 11.5. The standard InChI is InChI=1S/C12H23N3O/c1-13-11-4-6-15(9-11)12(16)7-10-3-5-14(2)8-10/h10-11,13H,3-9H2,1-2H3/t10-,11+/m0/s1. The van der Waals surface area contributed by atoms with Crippen molar-refractivity contribution in [2.75, 3.05) is 40.3 Å². The van der Waals surface area contributed by atoms with Crippen molar-refractivity contribution in [3.8, 4) is 0 Å². The lowest BCUT2D eigenvalue weighted by molar-refractivity contribution is -0.131. The molecule has 0 spiro atoms. The van der Waals surface area contributed by atoms with E-state index in [9.17, 15) is 4.79 Å². The molecule has 1 N–H and O–H groups in total. The van der Waals surface area contributed by atoms with Crippen LogP contribution >= 0.6 is 0 Å². The zero-order valence-electron chi connectivity index (χ0n) is 10.4. The minimum atomic E-state index is 0.359. The quantitative estimate of drug-likeness (QED) is 0.742. The number of hydrogen-bond acceptors (Lipinski definition) is 3. The minimum Gasteiger partial charge on any atom is -0.341 e. The Balaban J connectivity index is 1.76. The molecule has 2 aliphatic rings. The largest absolute Gasteiger partial charge is 0.341 e. The van der Waals surface area contributed by atoms with E-state index in [1.807, 2.05) is 11.9 Å². The molecule has 0 aliphatic carbocycles. The molecule has 2 saturated heterocycles. The van der Waals surface area contributed by atoms with Crippen molar-refractivity contribution in [3.63, 3.8) is 0 Å². The highest BCUT2D eigenvalue weighted by Gasteiger charge is 2.28. The molecule has 0 aromatic carbocycles. The normalized spacial score (nSPS) is 31.2. The first kappa shape index (κ1) is 11.9. The summed E-state index contributed by atoms with van der Waals surface area (Å²) in [5.74, 6) is 0.948. The van der Waals surface area contributed by atoms with Crippen LogP contribution in [0.3, 0.4) is 0 Å². The van der Waals surface area contributed by atoms with Crippen LogP contribution in [0.25, 0.3) is 0 Å². The van der Waals surface area contributed by atoms with Crippen LogP contribution < -0.4 is 5.32 Å². The maximum Gasteiger partial charge on any atom is 0.222 e. The summed E-state index contributed by atoms with van der Waals surface area (Å²) in [6, 6.07) is 0.509. The summed E-state index contributed by atoms with van der Waals surface area (Å²) < 4.78 is 0. The number of carbonyl (C=O) groups excluding carboxylic acids is 1. The summed E-state index contributed by atoms with van der Waals surface area (Å²) >= 11 is 0. The average molecular weight is 225 g/mol. The first-order valence-electron chi connectivity index (χ1n) is 6.32. The van der Waals surface area contributed by atoms with Crippen LogP contribution in [-0.4, -0.2) is 62.0 Å². The molecule has 2 fully saturated rings. The smallest absolute Gasteiger partial charge is 0.222 e. The van der Waals surface area contributed by atoms with Crippen molar-refractivity contribution in [2.45, 2.75) is 25.3 Å². The third-order valence-electron chi connectivity index (χ3n) is 3.90. The molecular weight excluding hydrogens is 202 g/mol. The Labute approximate surface area is 98.0 Å². The van der Waals surface area contributed by atoms with Crippen LogP contribution in [0.1, 0.15) is 19.3 Å². The molecule has 92 valence electrons. The van der Waals surface area contributed by atoms with E-state index >= 15 is 0 Å². The van der Waals surface area contributed by atoms with Gasteiger partial charge in [-0.2, -0.15) is 0 Å². The molecule has 0 radical (unpaired) electrons. The topological polar surface area (TPSA) is 35.6 Å². The molecule has 2 heterocycles. The molecule has 0 unspecified atom stereocenters. The molecule has 2 rings (SSSR count). The number of nitrogens with one attached hydrogen (secondary N) is 1. The molecule has 2 aliphatic heterocycles. The lowest BCUT2D eigenvalue weighted by atomic mass is 10.0. The van der Waals surface area contributed by atoms with Crippen LogP contribution in [0.4, 0.5) is 0 Å². The fraction of sp³-hybridized carbons (Fsp3) is 0.917. The van der Waals surface area contributed by atoms with Crippen LogP contribution in [0.5, 0.6) is 0 Å². The van der Waals surface area contributed by atoms with Gasteiger partial charge in [-0.05, 0) is 39.4 Å². The van der Waals surface area contributed by atoms with E-state index in [2.05, 4.69) is 17.3 Å². The van der Waals surface area contributed by atoms with Crippen LogP contribution in [0, 0.1) is 5.92 Å². The van der Waals surface area contributed by atoms with Gasteiger partial charge in [0.1, 0.15) is 0 Å². The predicted octanol–water partition coefficient (Wildman–Crippen LogP) is 0.149. The molecule has 16 heavy (non-hydrogen) atoms. The molecule has 2 atom stereocenters. The third kappa shape index (κ3) is 2.74. The Morgan fingerprint density at radius 3 is 2.69 bits per heavy atom. The van der Waals surface area contributed by atoms with E-state index < -0.39 is 0 Å². The van der Waals surface area contributed by atoms with E-state index in [-0.39, 0.29) is 0 Å². The average Bonchev–Trinajstić information content (AvgIpc) is 2.87.